The second-order valence-corrected chi connectivity index (χ2v) is 6.36. The zero-order chi connectivity index (χ0) is 15.1. The molecule has 2 bridgehead atoms. The zero-order valence-electron chi connectivity index (χ0n) is 12.0. The predicted octanol–water partition coefficient (Wildman–Crippen LogP) is 2.43. The topological polar surface area (TPSA) is 58.4 Å². The Hall–Kier alpha value is -1.85. The van der Waals surface area contributed by atoms with Gasteiger partial charge < -0.3 is 14.6 Å². The van der Waals surface area contributed by atoms with Crippen LogP contribution in [0.15, 0.2) is 34.9 Å². The summed E-state index contributed by atoms with van der Waals surface area (Å²) >= 11 is 5.97. The number of nitrogens with one attached hydrogen (secondary N) is 1. The Morgan fingerprint density at radius 2 is 2.32 bits per heavy atom. The molecule has 2 fully saturated rings. The number of piperidine rings is 1. The molecule has 0 spiro atoms. The van der Waals surface area contributed by atoms with Gasteiger partial charge in [0.1, 0.15) is 0 Å². The molecule has 1 amide bonds. The van der Waals surface area contributed by atoms with Gasteiger partial charge in [0.2, 0.25) is 0 Å². The van der Waals surface area contributed by atoms with Gasteiger partial charge in [-0.05, 0) is 31.0 Å². The molecule has 5 nitrogen and oxygen atoms in total. The first-order valence-electron chi connectivity index (χ1n) is 7.44. The molecule has 3 atom stereocenters. The lowest BCUT2D eigenvalue weighted by atomic mass is 10.0. The third-order valence-corrected chi connectivity index (χ3v) is 4.69. The van der Waals surface area contributed by atoms with Crippen molar-refractivity contribution in [3.63, 3.8) is 0 Å². The van der Waals surface area contributed by atoms with Crippen LogP contribution in [0.5, 0.6) is 0 Å². The maximum absolute atomic E-state index is 12.3. The molecule has 3 heterocycles. The summed E-state index contributed by atoms with van der Waals surface area (Å²) in [5.74, 6) is 0.968. The van der Waals surface area contributed by atoms with Crippen molar-refractivity contribution in [1.82, 2.24) is 15.2 Å². The molecule has 2 aliphatic heterocycles. The van der Waals surface area contributed by atoms with E-state index in [-0.39, 0.29) is 17.8 Å². The number of nitrogens with zero attached hydrogens (tertiary/aromatic N) is 2. The van der Waals surface area contributed by atoms with Crippen molar-refractivity contribution in [3.8, 4) is 11.3 Å². The number of halogens is 1. The number of fused-ring (bicyclic) bond motifs is 2. The molecule has 1 N–H and O–H groups in total. The SMILES string of the molecule is O=C(NC1CN2CCC1C2)c1ncc(-c2cccc(Cl)c2)o1. The summed E-state index contributed by atoms with van der Waals surface area (Å²) in [6, 6.07) is 7.50. The van der Waals surface area contributed by atoms with E-state index in [0.717, 1.165) is 31.6 Å². The summed E-state index contributed by atoms with van der Waals surface area (Å²) in [7, 11) is 0. The number of oxazole rings is 1. The van der Waals surface area contributed by atoms with Crippen LogP contribution in [0.3, 0.4) is 0 Å². The van der Waals surface area contributed by atoms with Crippen LogP contribution in [0, 0.1) is 5.92 Å². The first kappa shape index (κ1) is 13.8. The molecule has 114 valence electrons. The maximum atomic E-state index is 12.3. The lowest BCUT2D eigenvalue weighted by Gasteiger charge is -2.22. The van der Waals surface area contributed by atoms with Gasteiger partial charge in [-0.1, -0.05) is 23.7 Å². The molecule has 2 saturated heterocycles. The molecular weight excluding hydrogens is 302 g/mol. The van der Waals surface area contributed by atoms with Crippen LogP contribution >= 0.6 is 11.6 Å². The number of carbonyl (C=O) groups is 1. The summed E-state index contributed by atoms with van der Waals surface area (Å²) in [6.45, 7) is 3.16. The Morgan fingerprint density at radius 1 is 1.41 bits per heavy atom. The molecule has 4 rings (SSSR count). The third kappa shape index (κ3) is 2.51. The van der Waals surface area contributed by atoms with E-state index in [1.165, 1.54) is 0 Å². The van der Waals surface area contributed by atoms with Crippen LogP contribution in [0.2, 0.25) is 5.02 Å². The minimum Gasteiger partial charge on any atom is -0.432 e. The molecule has 1 aromatic heterocycles. The van der Waals surface area contributed by atoms with E-state index in [4.69, 9.17) is 16.0 Å². The summed E-state index contributed by atoms with van der Waals surface area (Å²) in [4.78, 5) is 18.7. The number of rotatable bonds is 3. The quantitative estimate of drug-likeness (QED) is 0.944. The molecule has 6 heteroatoms. The van der Waals surface area contributed by atoms with Gasteiger partial charge in [-0.3, -0.25) is 4.79 Å². The van der Waals surface area contributed by atoms with E-state index in [1.807, 2.05) is 12.1 Å². The van der Waals surface area contributed by atoms with Crippen molar-refractivity contribution in [3.05, 3.63) is 41.4 Å². The van der Waals surface area contributed by atoms with Crippen molar-refractivity contribution in [1.29, 1.82) is 0 Å². The molecule has 3 unspecified atom stereocenters. The van der Waals surface area contributed by atoms with Crippen LogP contribution in [0.4, 0.5) is 0 Å². The van der Waals surface area contributed by atoms with Gasteiger partial charge in [-0.25, -0.2) is 4.98 Å². The number of amides is 1. The van der Waals surface area contributed by atoms with E-state index < -0.39 is 0 Å². The number of hydrogen-bond donors (Lipinski definition) is 1. The van der Waals surface area contributed by atoms with Crippen molar-refractivity contribution < 1.29 is 9.21 Å². The fraction of sp³-hybridized carbons (Fsp3) is 0.375. The van der Waals surface area contributed by atoms with Gasteiger partial charge in [0.15, 0.2) is 5.76 Å². The molecule has 0 radical (unpaired) electrons. The Bertz CT molecular complexity index is 715. The molecule has 0 aliphatic carbocycles. The van der Waals surface area contributed by atoms with Gasteiger partial charge in [-0.15, -0.1) is 0 Å². The van der Waals surface area contributed by atoms with Crippen LogP contribution in [0.25, 0.3) is 11.3 Å². The van der Waals surface area contributed by atoms with E-state index >= 15 is 0 Å². The molecule has 22 heavy (non-hydrogen) atoms. The largest absolute Gasteiger partial charge is 0.432 e. The van der Waals surface area contributed by atoms with Crippen LogP contribution in [-0.4, -0.2) is 41.5 Å². The zero-order valence-corrected chi connectivity index (χ0v) is 12.7. The Labute approximate surface area is 133 Å². The first-order chi connectivity index (χ1) is 10.7. The summed E-state index contributed by atoms with van der Waals surface area (Å²) in [5, 5.41) is 3.66. The van der Waals surface area contributed by atoms with Gasteiger partial charge in [0.25, 0.3) is 5.89 Å². The highest BCUT2D eigenvalue weighted by molar-refractivity contribution is 6.30. The lowest BCUT2D eigenvalue weighted by Crippen LogP contribution is -2.43. The standard InChI is InChI=1S/C16H16ClN3O2/c17-12-3-1-2-10(6-12)14-7-18-16(22-14)15(21)19-13-9-20-5-4-11(13)8-20/h1-3,6-7,11,13H,4-5,8-9H2,(H,19,21). The van der Waals surface area contributed by atoms with Gasteiger partial charge in [0.05, 0.1) is 6.20 Å². The van der Waals surface area contributed by atoms with Crippen LogP contribution in [0.1, 0.15) is 17.1 Å². The van der Waals surface area contributed by atoms with Crippen molar-refractivity contribution in [2.24, 2.45) is 5.92 Å². The van der Waals surface area contributed by atoms with E-state index in [9.17, 15) is 4.79 Å². The predicted molar refractivity (Wildman–Crippen MR) is 82.8 cm³/mol. The number of hydrogen-bond acceptors (Lipinski definition) is 4. The van der Waals surface area contributed by atoms with Crippen molar-refractivity contribution in [2.45, 2.75) is 12.5 Å². The Kier molecular flexibility index (Phi) is 3.39. The third-order valence-electron chi connectivity index (χ3n) is 4.46. The van der Waals surface area contributed by atoms with Crippen LogP contribution in [-0.2, 0) is 0 Å². The molecule has 0 saturated carbocycles. The summed E-state index contributed by atoms with van der Waals surface area (Å²) in [5.41, 5.74) is 0.810. The average Bonchev–Trinajstić information content (AvgIpc) is 3.23. The number of benzene rings is 1. The first-order valence-corrected chi connectivity index (χ1v) is 7.82. The molecule has 2 aliphatic rings. The molecular formula is C16H16ClN3O2. The summed E-state index contributed by atoms with van der Waals surface area (Å²) in [6.07, 6.45) is 2.72. The minimum absolute atomic E-state index is 0.104. The fourth-order valence-corrected chi connectivity index (χ4v) is 3.52. The summed E-state index contributed by atoms with van der Waals surface area (Å²) < 4.78 is 5.58. The number of carbonyl (C=O) groups excluding carboxylic acids is 1. The molecule has 2 aromatic rings. The van der Waals surface area contributed by atoms with Gasteiger partial charge in [0, 0.05) is 29.7 Å². The van der Waals surface area contributed by atoms with Crippen molar-refractivity contribution in [2.75, 3.05) is 19.6 Å². The van der Waals surface area contributed by atoms with E-state index in [2.05, 4.69) is 15.2 Å². The van der Waals surface area contributed by atoms with Gasteiger partial charge in [-0.2, -0.15) is 0 Å². The smallest absolute Gasteiger partial charge is 0.307 e. The normalized spacial score (nSPS) is 26.3. The maximum Gasteiger partial charge on any atom is 0.307 e. The van der Waals surface area contributed by atoms with Crippen molar-refractivity contribution >= 4 is 17.5 Å². The molecule has 1 aromatic carbocycles. The van der Waals surface area contributed by atoms with Gasteiger partial charge >= 0.3 is 5.91 Å². The minimum atomic E-state index is -0.243. The van der Waals surface area contributed by atoms with Crippen LogP contribution < -0.4 is 5.32 Å². The second-order valence-electron chi connectivity index (χ2n) is 5.93. The second kappa shape index (κ2) is 5.41. The fourth-order valence-electron chi connectivity index (χ4n) is 3.33. The highest BCUT2D eigenvalue weighted by Crippen LogP contribution is 2.28. The number of aromatic nitrogens is 1. The highest BCUT2D eigenvalue weighted by atomic mass is 35.5. The monoisotopic (exact) mass is 317 g/mol. The average molecular weight is 318 g/mol. The lowest BCUT2D eigenvalue weighted by molar-refractivity contribution is 0.0890. The Balaban J connectivity index is 1.48. The van der Waals surface area contributed by atoms with E-state index in [0.29, 0.717) is 16.7 Å². The van der Waals surface area contributed by atoms with E-state index in [1.54, 1.807) is 18.3 Å². The highest BCUT2D eigenvalue weighted by Gasteiger charge is 2.39. The Morgan fingerprint density at radius 3 is 3.05 bits per heavy atom.